The van der Waals surface area contributed by atoms with E-state index in [-0.39, 0.29) is 0 Å². The lowest BCUT2D eigenvalue weighted by Crippen LogP contribution is -2.30. The van der Waals surface area contributed by atoms with Crippen molar-refractivity contribution in [3.05, 3.63) is 0 Å². The Morgan fingerprint density at radius 2 is 2.00 bits per heavy atom. The molecule has 0 amide bonds. The topological polar surface area (TPSA) is 12.0 Å². The lowest BCUT2D eigenvalue weighted by atomic mass is 10.0. The van der Waals surface area contributed by atoms with Crippen molar-refractivity contribution in [2.45, 2.75) is 26.3 Å². The molecule has 0 radical (unpaired) electrons. The molecular weight excluding hydrogens is 130 g/mol. The van der Waals surface area contributed by atoms with Crippen LogP contribution in [0.4, 0.5) is 0 Å². The summed E-state index contributed by atoms with van der Waals surface area (Å²) in [6, 6.07) is 0.641. The molecule has 0 aliphatic rings. The normalized spacial score (nSPS) is 14.3. The molecule has 0 bridgehead atoms. The van der Waals surface area contributed by atoms with Crippen LogP contribution in [0.15, 0.2) is 0 Å². The first-order valence-electron chi connectivity index (χ1n) is 3.50. The molecule has 9 heavy (non-hydrogen) atoms. The molecule has 56 valence electrons. The fraction of sp³-hybridized carbons (Fsp3) is 1.00. The van der Waals surface area contributed by atoms with E-state index in [0.29, 0.717) is 6.04 Å². The van der Waals surface area contributed by atoms with Crippen molar-refractivity contribution >= 4 is 12.6 Å². The van der Waals surface area contributed by atoms with Crippen LogP contribution >= 0.6 is 12.6 Å². The number of thiol groups is 1. The summed E-state index contributed by atoms with van der Waals surface area (Å²) >= 11 is 4.17. The van der Waals surface area contributed by atoms with Gasteiger partial charge in [-0.3, -0.25) is 0 Å². The van der Waals surface area contributed by atoms with Gasteiger partial charge in [0, 0.05) is 6.04 Å². The van der Waals surface area contributed by atoms with Crippen molar-refractivity contribution in [2.75, 3.05) is 12.8 Å². The summed E-state index contributed by atoms with van der Waals surface area (Å²) in [7, 11) is 2.01. The minimum absolute atomic E-state index is 0.641. The first kappa shape index (κ1) is 9.31. The van der Waals surface area contributed by atoms with Gasteiger partial charge in [0.2, 0.25) is 0 Å². The third-order valence-corrected chi connectivity index (χ3v) is 1.87. The Bertz CT molecular complexity index is 63.9. The third kappa shape index (κ3) is 3.82. The molecule has 0 aliphatic carbocycles. The van der Waals surface area contributed by atoms with Gasteiger partial charge in [0.15, 0.2) is 0 Å². The van der Waals surface area contributed by atoms with Crippen molar-refractivity contribution in [1.82, 2.24) is 5.32 Å². The maximum Gasteiger partial charge on any atom is 0.00948 e. The Morgan fingerprint density at radius 1 is 1.44 bits per heavy atom. The average Bonchev–Trinajstić information content (AvgIpc) is 1.82. The fourth-order valence-corrected chi connectivity index (χ4v) is 1.23. The zero-order chi connectivity index (χ0) is 7.28. The highest BCUT2D eigenvalue weighted by molar-refractivity contribution is 7.80. The highest BCUT2D eigenvalue weighted by atomic mass is 32.1. The van der Waals surface area contributed by atoms with Crippen LogP contribution in [0.1, 0.15) is 20.3 Å². The van der Waals surface area contributed by atoms with Gasteiger partial charge in [-0.15, -0.1) is 0 Å². The molecule has 0 rings (SSSR count). The van der Waals surface area contributed by atoms with Gasteiger partial charge in [0.1, 0.15) is 0 Å². The van der Waals surface area contributed by atoms with Gasteiger partial charge < -0.3 is 5.32 Å². The Balaban J connectivity index is 3.41. The second-order valence-electron chi connectivity index (χ2n) is 2.65. The summed E-state index contributed by atoms with van der Waals surface area (Å²) in [6.45, 7) is 4.45. The summed E-state index contributed by atoms with van der Waals surface area (Å²) in [5.74, 6) is 1.70. The second kappa shape index (κ2) is 5.12. The van der Waals surface area contributed by atoms with Crippen LogP contribution in [0.2, 0.25) is 0 Å². The van der Waals surface area contributed by atoms with Crippen molar-refractivity contribution in [1.29, 1.82) is 0 Å². The summed E-state index contributed by atoms with van der Waals surface area (Å²) < 4.78 is 0. The molecular formula is C7H17NS. The highest BCUT2D eigenvalue weighted by Crippen LogP contribution is 2.05. The molecule has 0 spiro atoms. The van der Waals surface area contributed by atoms with Crippen LogP contribution in [0.25, 0.3) is 0 Å². The lowest BCUT2D eigenvalue weighted by Gasteiger charge is -2.18. The molecule has 0 heterocycles. The maximum atomic E-state index is 4.17. The van der Waals surface area contributed by atoms with E-state index in [2.05, 4.69) is 31.8 Å². The smallest absolute Gasteiger partial charge is 0.00948 e. The minimum Gasteiger partial charge on any atom is -0.317 e. The molecule has 1 N–H and O–H groups in total. The lowest BCUT2D eigenvalue weighted by molar-refractivity contribution is 0.419. The van der Waals surface area contributed by atoms with Crippen LogP contribution in [0.3, 0.4) is 0 Å². The fourth-order valence-electron chi connectivity index (χ4n) is 0.950. The monoisotopic (exact) mass is 147 g/mol. The predicted molar refractivity (Wildman–Crippen MR) is 46.2 cm³/mol. The van der Waals surface area contributed by atoms with Gasteiger partial charge in [-0.2, -0.15) is 12.6 Å². The van der Waals surface area contributed by atoms with Gasteiger partial charge in [-0.25, -0.2) is 0 Å². The van der Waals surface area contributed by atoms with Crippen LogP contribution in [0, 0.1) is 5.92 Å². The van der Waals surface area contributed by atoms with Crippen molar-refractivity contribution in [3.8, 4) is 0 Å². The molecule has 0 fully saturated rings. The van der Waals surface area contributed by atoms with E-state index in [0.717, 1.165) is 18.1 Å². The second-order valence-corrected chi connectivity index (χ2v) is 3.10. The maximum absolute atomic E-state index is 4.17. The number of hydrogen-bond donors (Lipinski definition) is 2. The molecule has 0 saturated heterocycles. The Hall–Kier alpha value is 0.310. The Kier molecular flexibility index (Phi) is 5.30. The molecule has 0 aliphatic heterocycles. The van der Waals surface area contributed by atoms with Crippen LogP contribution in [-0.2, 0) is 0 Å². The molecule has 0 aromatic heterocycles. The van der Waals surface area contributed by atoms with Crippen molar-refractivity contribution in [2.24, 2.45) is 5.92 Å². The zero-order valence-corrected chi connectivity index (χ0v) is 7.41. The molecule has 0 aromatic carbocycles. The van der Waals surface area contributed by atoms with Crippen LogP contribution in [-0.4, -0.2) is 18.8 Å². The SMILES string of the molecule is CNC(CCS)C(C)C. The molecule has 2 heteroatoms. The van der Waals surface area contributed by atoms with Gasteiger partial charge in [0.25, 0.3) is 0 Å². The average molecular weight is 147 g/mol. The summed E-state index contributed by atoms with van der Waals surface area (Å²) in [4.78, 5) is 0. The van der Waals surface area contributed by atoms with E-state index in [4.69, 9.17) is 0 Å². The highest BCUT2D eigenvalue weighted by Gasteiger charge is 2.07. The van der Waals surface area contributed by atoms with Gasteiger partial charge in [0.05, 0.1) is 0 Å². The van der Waals surface area contributed by atoms with E-state index >= 15 is 0 Å². The minimum atomic E-state index is 0.641. The molecule has 0 saturated carbocycles. The Labute approximate surface area is 63.6 Å². The molecule has 1 unspecified atom stereocenters. The third-order valence-electron chi connectivity index (χ3n) is 1.62. The zero-order valence-electron chi connectivity index (χ0n) is 6.52. The van der Waals surface area contributed by atoms with Gasteiger partial charge in [-0.05, 0) is 25.1 Å². The number of rotatable bonds is 4. The molecule has 1 nitrogen and oxygen atoms in total. The summed E-state index contributed by atoms with van der Waals surface area (Å²) in [6.07, 6.45) is 1.16. The molecule has 0 aromatic rings. The summed E-state index contributed by atoms with van der Waals surface area (Å²) in [5, 5.41) is 3.25. The predicted octanol–water partition coefficient (Wildman–Crippen LogP) is 1.55. The van der Waals surface area contributed by atoms with Crippen molar-refractivity contribution in [3.63, 3.8) is 0 Å². The molecule has 1 atom stereocenters. The van der Waals surface area contributed by atoms with Gasteiger partial charge >= 0.3 is 0 Å². The first-order valence-corrected chi connectivity index (χ1v) is 4.13. The van der Waals surface area contributed by atoms with Gasteiger partial charge in [-0.1, -0.05) is 13.8 Å². The number of hydrogen-bond acceptors (Lipinski definition) is 2. The van der Waals surface area contributed by atoms with E-state index in [1.807, 2.05) is 7.05 Å². The van der Waals surface area contributed by atoms with E-state index < -0.39 is 0 Å². The van der Waals surface area contributed by atoms with Crippen molar-refractivity contribution < 1.29 is 0 Å². The van der Waals surface area contributed by atoms with Crippen LogP contribution in [0.5, 0.6) is 0 Å². The quantitative estimate of drug-likeness (QED) is 0.575. The first-order chi connectivity index (χ1) is 4.22. The Morgan fingerprint density at radius 3 is 2.11 bits per heavy atom. The van der Waals surface area contributed by atoms with E-state index in [1.165, 1.54) is 0 Å². The van der Waals surface area contributed by atoms with E-state index in [1.54, 1.807) is 0 Å². The van der Waals surface area contributed by atoms with Crippen LogP contribution < -0.4 is 5.32 Å². The van der Waals surface area contributed by atoms with E-state index in [9.17, 15) is 0 Å². The summed E-state index contributed by atoms with van der Waals surface area (Å²) in [5.41, 5.74) is 0. The standard InChI is InChI=1S/C7H17NS/c1-6(2)7(8-3)4-5-9/h6-9H,4-5H2,1-3H3. The largest absolute Gasteiger partial charge is 0.317 e. The number of nitrogens with one attached hydrogen (secondary N) is 1.